The van der Waals surface area contributed by atoms with E-state index in [9.17, 15) is 22.4 Å². The molecule has 2 amide bonds. The van der Waals surface area contributed by atoms with Crippen LogP contribution < -0.4 is 9.62 Å². The van der Waals surface area contributed by atoms with E-state index in [-0.39, 0.29) is 24.1 Å². The number of carbonyl (C=O) groups is 2. The number of halogens is 2. The van der Waals surface area contributed by atoms with Crippen molar-refractivity contribution in [2.24, 2.45) is 5.92 Å². The van der Waals surface area contributed by atoms with Gasteiger partial charge in [-0.2, -0.15) is 0 Å². The standard InChI is InChI=1S/C23H29ClFN3O4S/c1-16(2)13-26-23(30)17(3)27(14-18-8-7-9-19(24)12-18)22(29)15-28(33(4,31)32)21-11-6-5-10-20(21)25/h5-12,16-17H,13-15H2,1-4H3,(H,26,30)/t17-/m0/s1. The molecule has 0 bridgehead atoms. The van der Waals surface area contributed by atoms with E-state index in [1.807, 2.05) is 13.8 Å². The third-order valence-electron chi connectivity index (χ3n) is 4.89. The quantitative estimate of drug-likeness (QED) is 0.544. The number of hydrogen-bond acceptors (Lipinski definition) is 4. The van der Waals surface area contributed by atoms with E-state index in [0.717, 1.165) is 12.3 Å². The average molecular weight is 498 g/mol. The molecule has 7 nitrogen and oxygen atoms in total. The highest BCUT2D eigenvalue weighted by atomic mass is 35.5. The first-order valence-corrected chi connectivity index (χ1v) is 12.7. The molecule has 33 heavy (non-hydrogen) atoms. The number of rotatable bonds is 10. The fraction of sp³-hybridized carbons (Fsp3) is 0.391. The smallest absolute Gasteiger partial charge is 0.244 e. The third kappa shape index (κ3) is 7.71. The molecule has 0 fully saturated rings. The Morgan fingerprint density at radius 1 is 1.09 bits per heavy atom. The minimum absolute atomic E-state index is 0.0184. The van der Waals surface area contributed by atoms with E-state index >= 15 is 0 Å². The zero-order valence-electron chi connectivity index (χ0n) is 19.1. The summed E-state index contributed by atoms with van der Waals surface area (Å²) in [6.45, 7) is 5.22. The number of nitrogens with zero attached hydrogens (tertiary/aromatic N) is 2. The van der Waals surface area contributed by atoms with Gasteiger partial charge in [-0.05, 0) is 42.7 Å². The number of nitrogens with one attached hydrogen (secondary N) is 1. The lowest BCUT2D eigenvalue weighted by Gasteiger charge is -2.31. The Bertz CT molecular complexity index is 1090. The zero-order chi connectivity index (χ0) is 24.8. The summed E-state index contributed by atoms with van der Waals surface area (Å²) in [6, 6.07) is 11.2. The van der Waals surface area contributed by atoms with Crippen LogP contribution in [0, 0.1) is 11.7 Å². The van der Waals surface area contributed by atoms with Gasteiger partial charge < -0.3 is 10.2 Å². The Morgan fingerprint density at radius 3 is 2.33 bits per heavy atom. The molecule has 1 N–H and O–H groups in total. The minimum Gasteiger partial charge on any atom is -0.354 e. The molecule has 0 unspecified atom stereocenters. The summed E-state index contributed by atoms with van der Waals surface area (Å²) in [5.41, 5.74) is 0.420. The van der Waals surface area contributed by atoms with Gasteiger partial charge in [-0.15, -0.1) is 0 Å². The van der Waals surface area contributed by atoms with E-state index in [4.69, 9.17) is 11.6 Å². The molecule has 0 spiro atoms. The maximum Gasteiger partial charge on any atom is 0.244 e. The summed E-state index contributed by atoms with van der Waals surface area (Å²) in [7, 11) is -3.99. The summed E-state index contributed by atoms with van der Waals surface area (Å²) < 4.78 is 39.9. The first kappa shape index (κ1) is 26.6. The Hall–Kier alpha value is -2.65. The molecule has 10 heteroatoms. The van der Waals surface area contributed by atoms with Crippen LogP contribution in [-0.2, 0) is 26.2 Å². The second kappa shape index (κ2) is 11.5. The molecule has 0 aliphatic rings. The molecule has 2 aromatic carbocycles. The highest BCUT2D eigenvalue weighted by molar-refractivity contribution is 7.92. The Kier molecular flexibility index (Phi) is 9.25. The maximum atomic E-state index is 14.4. The zero-order valence-corrected chi connectivity index (χ0v) is 20.7. The van der Waals surface area contributed by atoms with Crippen LogP contribution >= 0.6 is 11.6 Å². The SMILES string of the molecule is CC(C)CNC(=O)[C@H](C)N(Cc1cccc(Cl)c1)C(=O)CN(c1ccccc1F)S(C)(=O)=O. The average Bonchev–Trinajstić information content (AvgIpc) is 2.73. The molecule has 0 saturated heterocycles. The summed E-state index contributed by atoms with van der Waals surface area (Å²) in [4.78, 5) is 27.3. The predicted octanol–water partition coefficient (Wildman–Crippen LogP) is 3.43. The minimum atomic E-state index is -3.99. The van der Waals surface area contributed by atoms with Gasteiger partial charge >= 0.3 is 0 Å². The van der Waals surface area contributed by atoms with Crippen molar-refractivity contribution in [3.05, 3.63) is 64.9 Å². The molecule has 2 rings (SSSR count). The van der Waals surface area contributed by atoms with Crippen molar-refractivity contribution in [2.45, 2.75) is 33.4 Å². The predicted molar refractivity (Wildman–Crippen MR) is 128 cm³/mol. The molecular weight excluding hydrogens is 469 g/mol. The van der Waals surface area contributed by atoms with Crippen molar-refractivity contribution < 1.29 is 22.4 Å². The fourth-order valence-electron chi connectivity index (χ4n) is 3.12. The number of sulfonamides is 1. The van der Waals surface area contributed by atoms with E-state index < -0.39 is 34.3 Å². The number of para-hydroxylation sites is 1. The third-order valence-corrected chi connectivity index (χ3v) is 6.26. The van der Waals surface area contributed by atoms with Crippen LogP contribution in [0.3, 0.4) is 0 Å². The number of amides is 2. The van der Waals surface area contributed by atoms with Crippen LogP contribution in [0.4, 0.5) is 10.1 Å². The van der Waals surface area contributed by atoms with Crippen molar-refractivity contribution in [1.82, 2.24) is 10.2 Å². The van der Waals surface area contributed by atoms with Gasteiger partial charge in [0.1, 0.15) is 18.4 Å². The summed E-state index contributed by atoms with van der Waals surface area (Å²) in [5.74, 6) is -1.61. The molecule has 180 valence electrons. The van der Waals surface area contributed by atoms with E-state index in [0.29, 0.717) is 21.4 Å². The van der Waals surface area contributed by atoms with Crippen molar-refractivity contribution in [1.29, 1.82) is 0 Å². The van der Waals surface area contributed by atoms with Gasteiger partial charge in [0.15, 0.2) is 0 Å². The number of carbonyl (C=O) groups excluding carboxylic acids is 2. The van der Waals surface area contributed by atoms with Crippen LogP contribution in [0.5, 0.6) is 0 Å². The van der Waals surface area contributed by atoms with Crippen molar-refractivity contribution >= 4 is 39.1 Å². The molecule has 0 saturated carbocycles. The second-order valence-corrected chi connectivity index (χ2v) is 10.5. The second-order valence-electron chi connectivity index (χ2n) is 8.19. The highest BCUT2D eigenvalue weighted by Crippen LogP contribution is 2.22. The van der Waals surface area contributed by atoms with Gasteiger partial charge in [-0.3, -0.25) is 13.9 Å². The molecule has 2 aromatic rings. The number of benzene rings is 2. The Morgan fingerprint density at radius 2 is 1.76 bits per heavy atom. The van der Waals surface area contributed by atoms with Crippen molar-refractivity contribution in [3.63, 3.8) is 0 Å². The Balaban J connectivity index is 2.38. The van der Waals surface area contributed by atoms with Crippen LogP contribution in [0.2, 0.25) is 5.02 Å². The van der Waals surface area contributed by atoms with E-state index in [1.165, 1.54) is 23.1 Å². The largest absolute Gasteiger partial charge is 0.354 e. The first-order valence-electron chi connectivity index (χ1n) is 10.4. The lowest BCUT2D eigenvalue weighted by atomic mass is 10.1. The van der Waals surface area contributed by atoms with Gasteiger partial charge in [-0.25, -0.2) is 12.8 Å². The van der Waals surface area contributed by atoms with E-state index in [1.54, 1.807) is 31.2 Å². The maximum absolute atomic E-state index is 14.4. The van der Waals surface area contributed by atoms with Crippen LogP contribution in [0.15, 0.2) is 48.5 Å². The van der Waals surface area contributed by atoms with Gasteiger partial charge in [0.05, 0.1) is 11.9 Å². The monoisotopic (exact) mass is 497 g/mol. The first-order chi connectivity index (χ1) is 15.4. The summed E-state index contributed by atoms with van der Waals surface area (Å²) in [6.07, 6.45) is 0.896. The van der Waals surface area contributed by atoms with Crippen LogP contribution in [-0.4, -0.2) is 50.5 Å². The molecule has 0 heterocycles. The topological polar surface area (TPSA) is 86.8 Å². The lowest BCUT2D eigenvalue weighted by Crippen LogP contribution is -2.51. The number of anilines is 1. The van der Waals surface area contributed by atoms with Gasteiger partial charge in [-0.1, -0.05) is 49.7 Å². The molecule has 0 aliphatic heterocycles. The molecule has 0 aliphatic carbocycles. The molecular formula is C23H29ClFN3O4S. The fourth-order valence-corrected chi connectivity index (χ4v) is 4.18. The van der Waals surface area contributed by atoms with Crippen LogP contribution in [0.25, 0.3) is 0 Å². The molecule has 0 aromatic heterocycles. The normalized spacial score (nSPS) is 12.3. The van der Waals surface area contributed by atoms with Gasteiger partial charge in [0, 0.05) is 18.1 Å². The van der Waals surface area contributed by atoms with E-state index in [2.05, 4.69) is 5.32 Å². The summed E-state index contributed by atoms with van der Waals surface area (Å²) >= 11 is 6.06. The molecule has 1 atom stereocenters. The van der Waals surface area contributed by atoms with Crippen LogP contribution in [0.1, 0.15) is 26.3 Å². The molecule has 0 radical (unpaired) electrons. The lowest BCUT2D eigenvalue weighted by molar-refractivity contribution is -0.139. The van der Waals surface area contributed by atoms with Crippen molar-refractivity contribution in [2.75, 3.05) is 23.7 Å². The highest BCUT2D eigenvalue weighted by Gasteiger charge is 2.31. The number of hydrogen-bond donors (Lipinski definition) is 1. The van der Waals surface area contributed by atoms with Crippen molar-refractivity contribution in [3.8, 4) is 0 Å². The van der Waals surface area contributed by atoms with Gasteiger partial charge in [0.2, 0.25) is 21.8 Å². The Labute approximate surface area is 199 Å². The summed E-state index contributed by atoms with van der Waals surface area (Å²) in [5, 5.41) is 3.25. The van der Waals surface area contributed by atoms with Gasteiger partial charge in [0.25, 0.3) is 0 Å².